The molecule has 16 heavy (non-hydrogen) atoms. The number of nitrogens with zero attached hydrogens (tertiary/aromatic N) is 1. The third kappa shape index (κ3) is 4.06. The Balaban J connectivity index is 2.50. The molecular formula is C12H20N2O2. The topological polar surface area (TPSA) is 54.4 Å². The highest BCUT2D eigenvalue weighted by molar-refractivity contribution is 5.42. The molecule has 2 N–H and O–H groups in total. The number of pyridine rings is 1. The van der Waals surface area contributed by atoms with Gasteiger partial charge in [0, 0.05) is 12.1 Å². The molecule has 0 aromatic carbocycles. The second-order valence-electron chi connectivity index (χ2n) is 3.61. The fourth-order valence-corrected chi connectivity index (χ4v) is 1.43. The highest BCUT2D eigenvalue weighted by Gasteiger charge is 2.03. The van der Waals surface area contributed by atoms with Gasteiger partial charge in [0.2, 0.25) is 5.88 Å². The van der Waals surface area contributed by atoms with Crippen LogP contribution < -0.4 is 10.1 Å². The fraction of sp³-hybridized carbons (Fsp3) is 0.583. The van der Waals surface area contributed by atoms with E-state index in [2.05, 4.69) is 24.1 Å². The number of ether oxygens (including phenoxy) is 1. The molecule has 90 valence electrons. The van der Waals surface area contributed by atoms with Gasteiger partial charge in [0.15, 0.2) is 0 Å². The van der Waals surface area contributed by atoms with Crippen LogP contribution in [-0.2, 0) is 0 Å². The van der Waals surface area contributed by atoms with Crippen LogP contribution in [0.4, 0.5) is 5.69 Å². The molecule has 0 radical (unpaired) electrons. The Bertz CT molecular complexity index is 284. The molecule has 0 saturated heterocycles. The van der Waals surface area contributed by atoms with Crippen LogP contribution >= 0.6 is 0 Å². The maximum absolute atomic E-state index is 8.60. The van der Waals surface area contributed by atoms with E-state index in [4.69, 9.17) is 9.84 Å². The van der Waals surface area contributed by atoms with Crippen molar-refractivity contribution in [2.24, 2.45) is 0 Å². The molecule has 1 aromatic heterocycles. The maximum atomic E-state index is 8.60. The fourth-order valence-electron chi connectivity index (χ4n) is 1.43. The first-order valence-electron chi connectivity index (χ1n) is 5.76. The highest BCUT2D eigenvalue weighted by atomic mass is 16.5. The number of hydrogen-bond donors (Lipinski definition) is 2. The number of hydrogen-bond acceptors (Lipinski definition) is 4. The molecule has 0 amide bonds. The van der Waals surface area contributed by atoms with Crippen molar-refractivity contribution in [3.05, 3.63) is 18.3 Å². The van der Waals surface area contributed by atoms with E-state index in [-0.39, 0.29) is 13.2 Å². The lowest BCUT2D eigenvalue weighted by Crippen LogP contribution is -2.17. The zero-order valence-electron chi connectivity index (χ0n) is 9.94. The number of anilines is 1. The summed E-state index contributed by atoms with van der Waals surface area (Å²) < 4.78 is 5.18. The second kappa shape index (κ2) is 7.06. The van der Waals surface area contributed by atoms with E-state index in [1.54, 1.807) is 12.3 Å². The van der Waals surface area contributed by atoms with Crippen LogP contribution in [-0.4, -0.2) is 29.3 Å². The highest BCUT2D eigenvalue weighted by Crippen LogP contribution is 2.14. The SMILES string of the molecule is CCC(CC)Nc1ccc(OCCO)nc1. The molecule has 0 unspecified atom stereocenters. The van der Waals surface area contributed by atoms with E-state index in [0.29, 0.717) is 11.9 Å². The molecule has 0 aliphatic heterocycles. The van der Waals surface area contributed by atoms with Gasteiger partial charge in [-0.2, -0.15) is 0 Å². The van der Waals surface area contributed by atoms with Crippen molar-refractivity contribution in [1.82, 2.24) is 4.98 Å². The van der Waals surface area contributed by atoms with Crippen LogP contribution in [0.15, 0.2) is 18.3 Å². The van der Waals surface area contributed by atoms with Crippen molar-refractivity contribution >= 4 is 5.69 Å². The second-order valence-corrected chi connectivity index (χ2v) is 3.61. The average Bonchev–Trinajstić information content (AvgIpc) is 2.35. The van der Waals surface area contributed by atoms with Gasteiger partial charge < -0.3 is 15.2 Å². The van der Waals surface area contributed by atoms with Crippen molar-refractivity contribution in [2.45, 2.75) is 32.7 Å². The molecule has 4 heteroatoms. The third-order valence-corrected chi connectivity index (χ3v) is 2.43. The van der Waals surface area contributed by atoms with Gasteiger partial charge in [-0.1, -0.05) is 13.8 Å². The molecule has 0 saturated carbocycles. The molecule has 4 nitrogen and oxygen atoms in total. The predicted octanol–water partition coefficient (Wildman–Crippen LogP) is 2.05. The zero-order chi connectivity index (χ0) is 11.8. The molecule has 1 heterocycles. The molecule has 0 aliphatic carbocycles. The van der Waals surface area contributed by atoms with Crippen molar-refractivity contribution in [1.29, 1.82) is 0 Å². The summed E-state index contributed by atoms with van der Waals surface area (Å²) in [4.78, 5) is 4.14. The van der Waals surface area contributed by atoms with E-state index < -0.39 is 0 Å². The van der Waals surface area contributed by atoms with E-state index in [9.17, 15) is 0 Å². The number of rotatable bonds is 7. The summed E-state index contributed by atoms with van der Waals surface area (Å²) in [6, 6.07) is 4.24. The first kappa shape index (κ1) is 12.8. The van der Waals surface area contributed by atoms with Gasteiger partial charge in [0.25, 0.3) is 0 Å². The Labute approximate surface area is 96.7 Å². The van der Waals surface area contributed by atoms with Crippen LogP contribution in [0.1, 0.15) is 26.7 Å². The Morgan fingerprint density at radius 3 is 2.62 bits per heavy atom. The lowest BCUT2D eigenvalue weighted by atomic mass is 10.1. The van der Waals surface area contributed by atoms with Crippen LogP contribution in [0.2, 0.25) is 0 Å². The van der Waals surface area contributed by atoms with Gasteiger partial charge >= 0.3 is 0 Å². The van der Waals surface area contributed by atoms with Crippen LogP contribution in [0.25, 0.3) is 0 Å². The lowest BCUT2D eigenvalue weighted by Gasteiger charge is -2.15. The summed E-state index contributed by atoms with van der Waals surface area (Å²) >= 11 is 0. The van der Waals surface area contributed by atoms with Crippen LogP contribution in [0.3, 0.4) is 0 Å². The third-order valence-electron chi connectivity index (χ3n) is 2.43. The standard InChI is InChI=1S/C12H20N2O2/c1-3-10(4-2)14-11-5-6-12(13-9-11)16-8-7-15/h5-6,9-10,14-15H,3-4,7-8H2,1-2H3. The molecule has 0 fully saturated rings. The average molecular weight is 224 g/mol. The summed E-state index contributed by atoms with van der Waals surface area (Å²) in [7, 11) is 0. The zero-order valence-corrected chi connectivity index (χ0v) is 9.94. The van der Waals surface area contributed by atoms with Gasteiger partial charge in [-0.25, -0.2) is 4.98 Å². The van der Waals surface area contributed by atoms with Gasteiger partial charge in [-0.05, 0) is 18.9 Å². The van der Waals surface area contributed by atoms with Crippen LogP contribution in [0, 0.1) is 0 Å². The summed E-state index contributed by atoms with van der Waals surface area (Å²) in [5.74, 6) is 0.546. The van der Waals surface area contributed by atoms with E-state index in [1.807, 2.05) is 6.07 Å². The molecular weight excluding hydrogens is 204 g/mol. The minimum Gasteiger partial charge on any atom is -0.475 e. The Morgan fingerprint density at radius 1 is 1.38 bits per heavy atom. The molecule has 0 atom stereocenters. The Morgan fingerprint density at radius 2 is 2.12 bits per heavy atom. The maximum Gasteiger partial charge on any atom is 0.213 e. The molecule has 1 rings (SSSR count). The first-order valence-corrected chi connectivity index (χ1v) is 5.76. The monoisotopic (exact) mass is 224 g/mol. The van der Waals surface area contributed by atoms with Gasteiger partial charge in [0.05, 0.1) is 18.5 Å². The predicted molar refractivity (Wildman–Crippen MR) is 64.8 cm³/mol. The van der Waals surface area contributed by atoms with Crippen molar-refractivity contribution < 1.29 is 9.84 Å². The summed E-state index contributed by atoms with van der Waals surface area (Å²) in [6.45, 7) is 4.61. The van der Waals surface area contributed by atoms with E-state index in [1.165, 1.54) is 0 Å². The molecule has 0 aliphatic rings. The number of nitrogens with one attached hydrogen (secondary N) is 1. The van der Waals surface area contributed by atoms with Crippen molar-refractivity contribution in [3.63, 3.8) is 0 Å². The minimum atomic E-state index is 0.00935. The van der Waals surface area contributed by atoms with Crippen molar-refractivity contribution in [2.75, 3.05) is 18.5 Å². The summed E-state index contributed by atoms with van der Waals surface area (Å²) in [5, 5.41) is 12.0. The van der Waals surface area contributed by atoms with Gasteiger partial charge in [-0.15, -0.1) is 0 Å². The largest absolute Gasteiger partial charge is 0.475 e. The van der Waals surface area contributed by atoms with E-state index >= 15 is 0 Å². The van der Waals surface area contributed by atoms with Gasteiger partial charge in [0.1, 0.15) is 6.61 Å². The molecule has 0 bridgehead atoms. The summed E-state index contributed by atoms with van der Waals surface area (Å²) in [5.41, 5.74) is 1.00. The Kier molecular flexibility index (Phi) is 5.64. The normalized spacial score (nSPS) is 10.5. The lowest BCUT2D eigenvalue weighted by molar-refractivity contribution is 0.196. The van der Waals surface area contributed by atoms with Crippen molar-refractivity contribution in [3.8, 4) is 5.88 Å². The first-order chi connectivity index (χ1) is 7.80. The molecule has 0 spiro atoms. The number of aliphatic hydroxyl groups is 1. The summed E-state index contributed by atoms with van der Waals surface area (Å²) in [6.07, 6.45) is 3.95. The quantitative estimate of drug-likeness (QED) is 0.744. The van der Waals surface area contributed by atoms with Gasteiger partial charge in [-0.3, -0.25) is 0 Å². The Hall–Kier alpha value is -1.29. The molecule has 1 aromatic rings. The number of aliphatic hydroxyl groups excluding tert-OH is 1. The van der Waals surface area contributed by atoms with Crippen LogP contribution in [0.5, 0.6) is 5.88 Å². The smallest absolute Gasteiger partial charge is 0.213 e. The number of aromatic nitrogens is 1. The minimum absolute atomic E-state index is 0.00935. The van der Waals surface area contributed by atoms with E-state index in [0.717, 1.165) is 18.5 Å².